The molecule has 3 nitrogen and oxygen atoms in total. The molecule has 90 valence electrons. The van der Waals surface area contributed by atoms with Crippen molar-refractivity contribution in [3.8, 4) is 0 Å². The van der Waals surface area contributed by atoms with Gasteiger partial charge in [-0.25, -0.2) is 4.98 Å². The predicted molar refractivity (Wildman–Crippen MR) is 69.0 cm³/mol. The number of imidazole rings is 1. The van der Waals surface area contributed by atoms with Crippen LogP contribution >= 0.6 is 0 Å². The summed E-state index contributed by atoms with van der Waals surface area (Å²) in [6.45, 7) is 3.66. The van der Waals surface area contributed by atoms with Gasteiger partial charge < -0.3 is 9.88 Å². The molecule has 0 aliphatic carbocycles. The second-order valence-corrected chi connectivity index (χ2v) is 5.04. The molecular weight excluding hydrogens is 210 g/mol. The largest absolute Gasteiger partial charge is 0.337 e. The molecule has 1 saturated heterocycles. The van der Waals surface area contributed by atoms with Gasteiger partial charge in [-0.05, 0) is 37.8 Å². The molecule has 2 heterocycles. The number of aromatic amines is 1. The Balaban J connectivity index is 1.75. The molecule has 0 bridgehead atoms. The molecule has 1 fully saturated rings. The highest BCUT2D eigenvalue weighted by Gasteiger charge is 2.14. The van der Waals surface area contributed by atoms with Crippen LogP contribution in [0.4, 0.5) is 0 Å². The summed E-state index contributed by atoms with van der Waals surface area (Å²) in [5.41, 5.74) is 2.26. The van der Waals surface area contributed by atoms with Gasteiger partial charge in [0.15, 0.2) is 5.82 Å². The van der Waals surface area contributed by atoms with E-state index in [4.69, 9.17) is 0 Å². The molecule has 2 aromatic rings. The monoisotopic (exact) mass is 230 g/mol. The van der Waals surface area contributed by atoms with Crippen molar-refractivity contribution in [1.82, 2.24) is 9.97 Å². The number of rotatable bonds is 2. The minimum absolute atomic E-state index is 1.05. The van der Waals surface area contributed by atoms with Gasteiger partial charge in [0.2, 0.25) is 0 Å². The van der Waals surface area contributed by atoms with E-state index in [1.165, 1.54) is 38.8 Å². The van der Waals surface area contributed by atoms with E-state index in [-0.39, 0.29) is 0 Å². The number of hydrogen-bond donors (Lipinski definition) is 2. The Bertz CT molecular complexity index is 448. The van der Waals surface area contributed by atoms with Crippen molar-refractivity contribution >= 4 is 11.0 Å². The minimum atomic E-state index is 1.05. The van der Waals surface area contributed by atoms with Crippen molar-refractivity contribution in [2.45, 2.75) is 32.2 Å². The SMILES string of the molecule is c1ccc2[nH]c(C[NH+]3CCCCCC3)nc2c1. The average Bonchev–Trinajstić information content (AvgIpc) is 2.57. The fourth-order valence-electron chi connectivity index (χ4n) is 2.73. The van der Waals surface area contributed by atoms with Crippen molar-refractivity contribution in [2.24, 2.45) is 0 Å². The van der Waals surface area contributed by atoms with Gasteiger partial charge in [0.25, 0.3) is 0 Å². The van der Waals surface area contributed by atoms with E-state index in [9.17, 15) is 0 Å². The van der Waals surface area contributed by atoms with Gasteiger partial charge in [0.1, 0.15) is 6.54 Å². The quantitative estimate of drug-likeness (QED) is 0.805. The highest BCUT2D eigenvalue weighted by molar-refractivity contribution is 5.74. The summed E-state index contributed by atoms with van der Waals surface area (Å²) in [6.07, 6.45) is 5.55. The number of aromatic nitrogens is 2. The van der Waals surface area contributed by atoms with Crippen LogP contribution in [0, 0.1) is 0 Å². The van der Waals surface area contributed by atoms with Gasteiger partial charge in [-0.1, -0.05) is 12.1 Å². The summed E-state index contributed by atoms with van der Waals surface area (Å²) in [4.78, 5) is 9.77. The maximum absolute atomic E-state index is 4.66. The van der Waals surface area contributed by atoms with Crippen LogP contribution in [-0.4, -0.2) is 23.1 Å². The van der Waals surface area contributed by atoms with E-state index in [1.54, 1.807) is 4.90 Å². The Morgan fingerprint density at radius 3 is 2.59 bits per heavy atom. The van der Waals surface area contributed by atoms with Crippen molar-refractivity contribution < 1.29 is 4.90 Å². The van der Waals surface area contributed by atoms with E-state index >= 15 is 0 Å². The van der Waals surface area contributed by atoms with Crippen LogP contribution in [0.15, 0.2) is 24.3 Å². The Labute approximate surface area is 102 Å². The third-order valence-corrected chi connectivity index (χ3v) is 3.67. The summed E-state index contributed by atoms with van der Waals surface area (Å²) in [5.74, 6) is 1.14. The first-order valence-electron chi connectivity index (χ1n) is 6.69. The van der Waals surface area contributed by atoms with Crippen molar-refractivity contribution in [3.05, 3.63) is 30.1 Å². The lowest BCUT2D eigenvalue weighted by Crippen LogP contribution is -3.10. The Morgan fingerprint density at radius 2 is 1.82 bits per heavy atom. The summed E-state index contributed by atoms with van der Waals surface area (Å²) >= 11 is 0. The van der Waals surface area contributed by atoms with Crippen LogP contribution in [0.5, 0.6) is 0 Å². The van der Waals surface area contributed by atoms with Gasteiger partial charge in [0, 0.05) is 0 Å². The summed E-state index contributed by atoms with van der Waals surface area (Å²) < 4.78 is 0. The number of para-hydroxylation sites is 2. The lowest BCUT2D eigenvalue weighted by Gasteiger charge is -2.14. The van der Waals surface area contributed by atoms with Crippen LogP contribution in [0.2, 0.25) is 0 Å². The molecule has 0 atom stereocenters. The minimum Gasteiger partial charge on any atom is -0.337 e. The zero-order valence-corrected chi connectivity index (χ0v) is 10.2. The van der Waals surface area contributed by atoms with E-state index in [0.717, 1.165) is 23.4 Å². The van der Waals surface area contributed by atoms with E-state index in [0.29, 0.717) is 0 Å². The molecule has 0 amide bonds. The van der Waals surface area contributed by atoms with Crippen LogP contribution < -0.4 is 4.90 Å². The molecule has 1 aliphatic rings. The average molecular weight is 230 g/mol. The number of hydrogen-bond acceptors (Lipinski definition) is 1. The highest BCUT2D eigenvalue weighted by atomic mass is 15.1. The number of fused-ring (bicyclic) bond motifs is 1. The predicted octanol–water partition coefficient (Wildman–Crippen LogP) is 1.52. The molecule has 0 unspecified atom stereocenters. The first-order valence-corrected chi connectivity index (χ1v) is 6.69. The maximum Gasteiger partial charge on any atom is 0.162 e. The molecule has 1 aromatic carbocycles. The third-order valence-electron chi connectivity index (χ3n) is 3.67. The maximum atomic E-state index is 4.66. The van der Waals surface area contributed by atoms with Crippen LogP contribution in [-0.2, 0) is 6.54 Å². The number of H-pyrrole nitrogens is 1. The van der Waals surface area contributed by atoms with Gasteiger partial charge in [-0.3, -0.25) is 0 Å². The number of nitrogens with zero attached hydrogens (tertiary/aromatic N) is 1. The zero-order chi connectivity index (χ0) is 11.5. The number of quaternary nitrogens is 1. The van der Waals surface area contributed by atoms with E-state index < -0.39 is 0 Å². The van der Waals surface area contributed by atoms with E-state index in [2.05, 4.69) is 28.2 Å². The van der Waals surface area contributed by atoms with Crippen LogP contribution in [0.25, 0.3) is 11.0 Å². The van der Waals surface area contributed by atoms with E-state index in [1.807, 2.05) is 6.07 Å². The number of nitrogens with one attached hydrogen (secondary N) is 2. The van der Waals surface area contributed by atoms with Crippen LogP contribution in [0.3, 0.4) is 0 Å². The molecule has 0 radical (unpaired) electrons. The van der Waals surface area contributed by atoms with Gasteiger partial charge >= 0.3 is 0 Å². The molecule has 0 spiro atoms. The molecule has 3 rings (SSSR count). The molecule has 2 N–H and O–H groups in total. The van der Waals surface area contributed by atoms with Gasteiger partial charge in [-0.2, -0.15) is 0 Å². The second-order valence-electron chi connectivity index (χ2n) is 5.04. The smallest absolute Gasteiger partial charge is 0.162 e. The Morgan fingerprint density at radius 1 is 1.06 bits per heavy atom. The first kappa shape index (κ1) is 10.8. The summed E-state index contributed by atoms with van der Waals surface area (Å²) in [7, 11) is 0. The fourth-order valence-corrected chi connectivity index (χ4v) is 2.73. The Kier molecular flexibility index (Phi) is 3.10. The summed E-state index contributed by atoms with van der Waals surface area (Å²) in [5, 5.41) is 0. The third kappa shape index (κ3) is 2.50. The van der Waals surface area contributed by atoms with Gasteiger partial charge in [-0.15, -0.1) is 0 Å². The Hall–Kier alpha value is -1.35. The number of benzene rings is 1. The lowest BCUT2D eigenvalue weighted by molar-refractivity contribution is -0.913. The molecule has 3 heteroatoms. The fraction of sp³-hybridized carbons (Fsp3) is 0.500. The highest BCUT2D eigenvalue weighted by Crippen LogP contribution is 2.09. The van der Waals surface area contributed by atoms with Crippen molar-refractivity contribution in [1.29, 1.82) is 0 Å². The molecule has 17 heavy (non-hydrogen) atoms. The molecule has 1 aliphatic heterocycles. The first-order chi connectivity index (χ1) is 8.42. The topological polar surface area (TPSA) is 33.1 Å². The number of likely N-dealkylation sites (tertiary alicyclic amines) is 1. The molecule has 1 aromatic heterocycles. The van der Waals surface area contributed by atoms with Crippen LogP contribution in [0.1, 0.15) is 31.5 Å². The normalized spacial score (nSPS) is 18.4. The lowest BCUT2D eigenvalue weighted by atomic mass is 10.2. The van der Waals surface area contributed by atoms with Crippen molar-refractivity contribution in [3.63, 3.8) is 0 Å². The second kappa shape index (κ2) is 4.88. The molecule has 0 saturated carbocycles. The van der Waals surface area contributed by atoms with Crippen molar-refractivity contribution in [2.75, 3.05) is 13.1 Å². The summed E-state index contributed by atoms with van der Waals surface area (Å²) in [6, 6.07) is 8.28. The zero-order valence-electron chi connectivity index (χ0n) is 10.2. The van der Waals surface area contributed by atoms with Gasteiger partial charge in [0.05, 0.1) is 24.1 Å². The standard InChI is InChI=1S/C14H19N3/c1-2-6-10-17(9-5-1)11-14-15-12-7-3-4-8-13(12)16-14/h3-4,7-8H,1-2,5-6,9-11H2,(H,15,16)/p+1. The molecular formula is C14H20N3+.